The predicted molar refractivity (Wildman–Crippen MR) is 169 cm³/mol. The summed E-state index contributed by atoms with van der Waals surface area (Å²) in [7, 11) is 1.70. The van der Waals surface area contributed by atoms with Gasteiger partial charge in [0.2, 0.25) is 5.91 Å². The molecule has 0 unspecified atom stereocenters. The second kappa shape index (κ2) is 12.3. The van der Waals surface area contributed by atoms with Crippen molar-refractivity contribution in [3.05, 3.63) is 91.1 Å². The zero-order valence-corrected chi connectivity index (χ0v) is 23.9. The van der Waals surface area contributed by atoms with Crippen LogP contribution in [-0.2, 0) is 9.53 Å². The lowest BCUT2D eigenvalue weighted by Crippen LogP contribution is -2.37. The third-order valence-corrected chi connectivity index (χ3v) is 7.33. The number of morpholine rings is 1. The Hall–Kier alpha value is -5.35. The number of hydrogen-bond donors (Lipinski definition) is 2. The van der Waals surface area contributed by atoms with Crippen molar-refractivity contribution in [2.45, 2.75) is 6.92 Å². The van der Waals surface area contributed by atoms with Crippen LogP contribution in [0.1, 0.15) is 6.92 Å². The zero-order valence-electron chi connectivity index (χ0n) is 23.9. The summed E-state index contributed by atoms with van der Waals surface area (Å²) in [5, 5.41) is 6.65. The monoisotopic (exact) mass is 573 g/mol. The smallest absolute Gasteiger partial charge is 0.323 e. The molecular formula is C33H31N7O3. The number of aromatic nitrogens is 3. The number of amides is 3. The Morgan fingerprint density at radius 3 is 2.16 bits per heavy atom. The highest BCUT2D eigenvalue weighted by molar-refractivity contribution is 6.00. The number of pyridine rings is 1. The van der Waals surface area contributed by atoms with Gasteiger partial charge in [0, 0.05) is 66.8 Å². The summed E-state index contributed by atoms with van der Waals surface area (Å²) in [6.07, 6.45) is 1.78. The van der Waals surface area contributed by atoms with Crippen LogP contribution in [0, 0.1) is 0 Å². The number of urea groups is 1. The highest BCUT2D eigenvalue weighted by Gasteiger charge is 2.19. The Balaban J connectivity index is 1.23. The van der Waals surface area contributed by atoms with Gasteiger partial charge in [-0.2, -0.15) is 0 Å². The first-order chi connectivity index (χ1) is 20.9. The molecule has 6 rings (SSSR count). The molecule has 3 heterocycles. The topological polar surface area (TPSA) is 113 Å². The second-order valence-electron chi connectivity index (χ2n) is 10.2. The number of rotatable bonds is 6. The van der Waals surface area contributed by atoms with E-state index in [2.05, 4.69) is 38.7 Å². The highest BCUT2D eigenvalue weighted by Crippen LogP contribution is 2.31. The number of nitrogens with zero attached hydrogens (tertiary/aromatic N) is 5. The summed E-state index contributed by atoms with van der Waals surface area (Å²) in [5.41, 5.74) is 5.51. The quantitative estimate of drug-likeness (QED) is 0.263. The molecule has 0 bridgehead atoms. The summed E-state index contributed by atoms with van der Waals surface area (Å²) < 4.78 is 5.58. The van der Waals surface area contributed by atoms with Crippen LogP contribution in [0.3, 0.4) is 0 Å². The fraction of sp³-hybridized carbons (Fsp3) is 0.182. The van der Waals surface area contributed by atoms with Crippen LogP contribution >= 0.6 is 0 Å². The van der Waals surface area contributed by atoms with E-state index in [1.807, 2.05) is 42.5 Å². The van der Waals surface area contributed by atoms with Gasteiger partial charge in [-0.1, -0.05) is 12.1 Å². The van der Waals surface area contributed by atoms with Gasteiger partial charge in [-0.25, -0.2) is 14.8 Å². The first-order valence-corrected chi connectivity index (χ1v) is 14.0. The number of benzene rings is 3. The van der Waals surface area contributed by atoms with Crippen molar-refractivity contribution in [2.75, 3.05) is 53.8 Å². The van der Waals surface area contributed by atoms with Gasteiger partial charge < -0.3 is 25.2 Å². The van der Waals surface area contributed by atoms with Gasteiger partial charge in [0.1, 0.15) is 5.82 Å². The average molecular weight is 574 g/mol. The van der Waals surface area contributed by atoms with Crippen molar-refractivity contribution < 1.29 is 14.3 Å². The number of fused-ring (bicyclic) bond motifs is 1. The van der Waals surface area contributed by atoms with E-state index in [1.165, 1.54) is 11.8 Å². The van der Waals surface area contributed by atoms with Crippen LogP contribution in [0.4, 0.5) is 27.7 Å². The van der Waals surface area contributed by atoms with E-state index in [0.29, 0.717) is 30.4 Å². The molecule has 2 N–H and O–H groups in total. The van der Waals surface area contributed by atoms with Crippen molar-refractivity contribution in [3.63, 3.8) is 0 Å². The summed E-state index contributed by atoms with van der Waals surface area (Å²) in [6, 6.07) is 26.2. The number of ether oxygens (including phenoxy) is 1. The Kier molecular flexibility index (Phi) is 7.92. The molecule has 10 heteroatoms. The summed E-state index contributed by atoms with van der Waals surface area (Å²) in [6.45, 7) is 4.30. The Bertz CT molecular complexity index is 1750. The Morgan fingerprint density at radius 1 is 0.837 bits per heavy atom. The molecule has 1 saturated heterocycles. The molecule has 0 spiro atoms. The Morgan fingerprint density at radius 2 is 1.51 bits per heavy atom. The Labute approximate surface area is 249 Å². The van der Waals surface area contributed by atoms with Gasteiger partial charge in [0.05, 0.1) is 24.4 Å². The van der Waals surface area contributed by atoms with Gasteiger partial charge in [0.25, 0.3) is 0 Å². The van der Waals surface area contributed by atoms with Crippen LogP contribution in [0.2, 0.25) is 0 Å². The number of nitrogens with one attached hydrogen (secondary N) is 2. The molecule has 1 fully saturated rings. The maximum absolute atomic E-state index is 12.6. The lowest BCUT2D eigenvalue weighted by atomic mass is 10.1. The highest BCUT2D eigenvalue weighted by atomic mass is 16.5. The summed E-state index contributed by atoms with van der Waals surface area (Å²) in [5.74, 6) is 1.40. The number of carbonyl (C=O) groups excluding carboxylic acids is 2. The molecule has 1 aliphatic rings. The van der Waals surface area contributed by atoms with Gasteiger partial charge in [-0.3, -0.25) is 9.78 Å². The lowest BCUT2D eigenvalue weighted by molar-refractivity contribution is -0.116. The molecule has 2 aromatic heterocycles. The average Bonchev–Trinajstić information content (AvgIpc) is 3.05. The second-order valence-corrected chi connectivity index (χ2v) is 10.2. The summed E-state index contributed by atoms with van der Waals surface area (Å²) in [4.78, 5) is 42.4. The maximum atomic E-state index is 12.6. The normalized spacial score (nSPS) is 13.0. The first-order valence-electron chi connectivity index (χ1n) is 14.0. The predicted octanol–water partition coefficient (Wildman–Crippen LogP) is 5.82. The standard InChI is InChI=1S/C33H31N7O3/c1-22(41)39(2)27-13-11-26(12-14-27)36-33(42)35-25-9-6-23(7-10-25)31-37-30-21-24(29-5-3-4-16-34-29)8-15-28(30)32(38-31)40-17-19-43-20-18-40/h3-16,21H,17-20H2,1-2H3,(H2,35,36,42). The van der Waals surface area contributed by atoms with Crippen LogP contribution in [-0.4, -0.2) is 60.2 Å². The largest absolute Gasteiger partial charge is 0.378 e. The summed E-state index contributed by atoms with van der Waals surface area (Å²) >= 11 is 0. The van der Waals surface area contributed by atoms with Crippen molar-refractivity contribution in [1.29, 1.82) is 0 Å². The van der Waals surface area contributed by atoms with E-state index in [0.717, 1.165) is 52.3 Å². The van der Waals surface area contributed by atoms with E-state index in [1.54, 1.807) is 37.5 Å². The van der Waals surface area contributed by atoms with Crippen LogP contribution in [0.5, 0.6) is 0 Å². The molecule has 0 aliphatic carbocycles. The minimum Gasteiger partial charge on any atom is -0.378 e. The van der Waals surface area contributed by atoms with E-state index >= 15 is 0 Å². The van der Waals surface area contributed by atoms with E-state index in [-0.39, 0.29) is 11.9 Å². The van der Waals surface area contributed by atoms with Gasteiger partial charge in [0.15, 0.2) is 5.82 Å². The van der Waals surface area contributed by atoms with Crippen molar-refractivity contribution in [3.8, 4) is 22.6 Å². The molecule has 10 nitrogen and oxygen atoms in total. The molecule has 3 aromatic carbocycles. The van der Waals surface area contributed by atoms with Crippen molar-refractivity contribution >= 4 is 45.7 Å². The van der Waals surface area contributed by atoms with E-state index < -0.39 is 0 Å². The fourth-order valence-electron chi connectivity index (χ4n) is 4.90. The van der Waals surface area contributed by atoms with Crippen LogP contribution in [0.25, 0.3) is 33.5 Å². The lowest BCUT2D eigenvalue weighted by Gasteiger charge is -2.29. The minimum atomic E-state index is -0.376. The van der Waals surface area contributed by atoms with Gasteiger partial charge >= 0.3 is 6.03 Å². The van der Waals surface area contributed by atoms with Crippen LogP contribution in [0.15, 0.2) is 91.1 Å². The molecule has 0 atom stereocenters. The van der Waals surface area contributed by atoms with Gasteiger partial charge in [-0.05, 0) is 72.8 Å². The maximum Gasteiger partial charge on any atom is 0.323 e. The van der Waals surface area contributed by atoms with Crippen molar-refractivity contribution in [2.24, 2.45) is 0 Å². The van der Waals surface area contributed by atoms with Crippen LogP contribution < -0.4 is 20.4 Å². The first kappa shape index (κ1) is 27.8. The molecule has 43 heavy (non-hydrogen) atoms. The molecule has 5 aromatic rings. The molecule has 0 radical (unpaired) electrons. The third-order valence-electron chi connectivity index (χ3n) is 7.33. The minimum absolute atomic E-state index is 0.0671. The zero-order chi connectivity index (χ0) is 29.8. The van der Waals surface area contributed by atoms with Crippen molar-refractivity contribution in [1.82, 2.24) is 15.0 Å². The number of anilines is 4. The van der Waals surface area contributed by atoms with E-state index in [9.17, 15) is 9.59 Å². The molecule has 1 aliphatic heterocycles. The SMILES string of the molecule is CC(=O)N(C)c1ccc(NC(=O)Nc2ccc(-c3nc(N4CCOCC4)c4ccc(-c5ccccn5)cc4n3)cc2)cc1. The third kappa shape index (κ3) is 6.29. The number of carbonyl (C=O) groups is 2. The molecular weight excluding hydrogens is 542 g/mol. The fourth-order valence-corrected chi connectivity index (χ4v) is 4.90. The number of hydrogen-bond acceptors (Lipinski definition) is 7. The van der Waals surface area contributed by atoms with E-state index in [4.69, 9.17) is 14.7 Å². The molecule has 0 saturated carbocycles. The van der Waals surface area contributed by atoms with Gasteiger partial charge in [-0.15, -0.1) is 0 Å². The molecule has 3 amide bonds. The molecule has 216 valence electrons.